The molecule has 5 fully saturated rings. The molecule has 0 unspecified atom stereocenters. The summed E-state index contributed by atoms with van der Waals surface area (Å²) in [7, 11) is 0. The third-order valence-corrected chi connectivity index (χ3v) is 12.6. The van der Waals surface area contributed by atoms with E-state index in [2.05, 4.69) is 34.6 Å². The second-order valence-electron chi connectivity index (χ2n) is 14.5. The van der Waals surface area contributed by atoms with Crippen molar-refractivity contribution in [2.45, 2.75) is 124 Å². The molecule has 4 heteroatoms. The second kappa shape index (κ2) is 7.57. The van der Waals surface area contributed by atoms with Crippen LogP contribution in [0.25, 0.3) is 0 Å². The molecule has 0 radical (unpaired) electrons. The summed E-state index contributed by atoms with van der Waals surface area (Å²) in [6.45, 7) is 16.2. The first-order valence-electron chi connectivity index (χ1n) is 14.0. The molecule has 1 aliphatic heterocycles. The molecule has 0 spiro atoms. The van der Waals surface area contributed by atoms with E-state index < -0.39 is 11.6 Å². The lowest BCUT2D eigenvalue weighted by molar-refractivity contribution is -0.225. The van der Waals surface area contributed by atoms with Gasteiger partial charge in [-0.25, -0.2) is 4.79 Å². The molecule has 1 heterocycles. The normalized spacial score (nSPS) is 54.0. The Bertz CT molecular complexity index is 888. The molecule has 5 aliphatic rings. The Kier molecular flexibility index (Phi) is 5.52. The third kappa shape index (κ3) is 3.06. The highest BCUT2D eigenvalue weighted by Crippen LogP contribution is 2.76. The quantitative estimate of drug-likeness (QED) is 0.379. The van der Waals surface area contributed by atoms with E-state index in [1.165, 1.54) is 19.3 Å². The summed E-state index contributed by atoms with van der Waals surface area (Å²) in [6, 6.07) is 0. The number of esters is 1. The van der Waals surface area contributed by atoms with Gasteiger partial charge in [0.1, 0.15) is 6.10 Å². The van der Waals surface area contributed by atoms with Crippen LogP contribution in [0.5, 0.6) is 0 Å². The van der Waals surface area contributed by atoms with Crippen molar-refractivity contribution in [2.24, 2.45) is 45.3 Å². The molecule has 192 valence electrons. The maximum Gasteiger partial charge on any atom is 0.339 e. The highest BCUT2D eigenvalue weighted by atomic mass is 16.6. The highest BCUT2D eigenvalue weighted by molar-refractivity contribution is 5.82. The van der Waals surface area contributed by atoms with Gasteiger partial charge in [-0.2, -0.15) is 0 Å². The lowest BCUT2D eigenvalue weighted by Crippen LogP contribution is -2.64. The Morgan fingerprint density at radius 3 is 2.24 bits per heavy atom. The Morgan fingerprint density at radius 1 is 0.882 bits per heavy atom. The lowest BCUT2D eigenvalue weighted by Gasteiger charge is -2.70. The van der Waals surface area contributed by atoms with Crippen molar-refractivity contribution in [1.29, 1.82) is 0 Å². The average Bonchev–Trinajstić information content (AvgIpc) is 3.22. The summed E-state index contributed by atoms with van der Waals surface area (Å²) in [5.74, 6) is 1.15. The van der Waals surface area contributed by atoms with Gasteiger partial charge >= 0.3 is 5.97 Å². The fourth-order valence-electron chi connectivity index (χ4n) is 10.7. The molecule has 1 saturated heterocycles. The number of ether oxygens (including phenoxy) is 1. The molecule has 0 aromatic rings. The van der Waals surface area contributed by atoms with Crippen molar-refractivity contribution in [1.82, 2.24) is 0 Å². The van der Waals surface area contributed by atoms with E-state index in [1.807, 2.05) is 19.9 Å². The summed E-state index contributed by atoms with van der Waals surface area (Å²) in [6.07, 6.45) is 10.6. The molecule has 4 saturated carbocycles. The summed E-state index contributed by atoms with van der Waals surface area (Å²) in [5.41, 5.74) is 0.315. The molecule has 4 nitrogen and oxygen atoms in total. The molecule has 34 heavy (non-hydrogen) atoms. The molecular weight excluding hydrogens is 424 g/mol. The smallest absolute Gasteiger partial charge is 0.339 e. The Balaban J connectivity index is 1.46. The van der Waals surface area contributed by atoms with E-state index in [9.17, 15) is 15.0 Å². The third-order valence-electron chi connectivity index (χ3n) is 12.6. The van der Waals surface area contributed by atoms with Crippen molar-refractivity contribution in [3.63, 3.8) is 0 Å². The average molecular weight is 473 g/mol. The summed E-state index contributed by atoms with van der Waals surface area (Å²) in [5, 5.41) is 22.6. The molecule has 0 bridgehead atoms. The van der Waals surface area contributed by atoms with Gasteiger partial charge in [0.05, 0.1) is 6.10 Å². The SMILES string of the molecule is CC(C)=C[C@@H]1C[C@](O)([C@H]2CC[C@]3(C)[C@@H]2CC[C@@H]2[C@@]4(C)CC[C@H](O)C(C)(C)[C@@H]4CC[C@]23C)C(=O)O1. The first kappa shape index (κ1) is 24.8. The molecule has 0 aromatic carbocycles. The van der Waals surface area contributed by atoms with Crippen LogP contribution in [0.1, 0.15) is 106 Å². The van der Waals surface area contributed by atoms with Crippen LogP contribution in [-0.4, -0.2) is 34.0 Å². The fraction of sp³-hybridized carbons (Fsp3) is 0.900. The number of hydrogen-bond donors (Lipinski definition) is 2. The fourth-order valence-corrected chi connectivity index (χ4v) is 10.7. The van der Waals surface area contributed by atoms with Crippen molar-refractivity contribution >= 4 is 5.97 Å². The van der Waals surface area contributed by atoms with Gasteiger partial charge in [0, 0.05) is 12.3 Å². The zero-order chi connectivity index (χ0) is 24.9. The molecule has 4 aliphatic carbocycles. The van der Waals surface area contributed by atoms with E-state index >= 15 is 0 Å². The minimum absolute atomic E-state index is 0.00603. The zero-order valence-electron chi connectivity index (χ0n) is 22.6. The number of aliphatic hydroxyl groups is 2. The number of hydrogen-bond acceptors (Lipinski definition) is 4. The summed E-state index contributed by atoms with van der Waals surface area (Å²) < 4.78 is 5.68. The van der Waals surface area contributed by atoms with E-state index in [0.717, 1.165) is 37.7 Å². The Labute approximate surface area is 206 Å². The van der Waals surface area contributed by atoms with Gasteiger partial charge in [0.25, 0.3) is 0 Å². The molecule has 5 rings (SSSR count). The number of aliphatic hydroxyl groups excluding tert-OH is 1. The molecular formula is C30H48O4. The largest absolute Gasteiger partial charge is 0.456 e. The molecule has 0 amide bonds. The van der Waals surface area contributed by atoms with Crippen LogP contribution < -0.4 is 0 Å². The van der Waals surface area contributed by atoms with Gasteiger partial charge < -0.3 is 14.9 Å². The minimum Gasteiger partial charge on any atom is -0.456 e. The number of carbonyl (C=O) groups is 1. The van der Waals surface area contributed by atoms with E-state index in [0.29, 0.717) is 24.2 Å². The predicted octanol–water partition coefficient (Wildman–Crippen LogP) is 6.05. The number of carbonyl (C=O) groups excluding carboxylic acids is 1. The molecule has 10 atom stereocenters. The van der Waals surface area contributed by atoms with Crippen LogP contribution in [0.4, 0.5) is 0 Å². The number of allylic oxidation sites excluding steroid dienone is 1. The molecule has 0 aromatic heterocycles. The lowest BCUT2D eigenvalue weighted by atomic mass is 9.35. The first-order chi connectivity index (χ1) is 15.7. The topological polar surface area (TPSA) is 66.8 Å². The summed E-state index contributed by atoms with van der Waals surface area (Å²) in [4.78, 5) is 13.0. The van der Waals surface area contributed by atoms with E-state index in [-0.39, 0.29) is 39.8 Å². The maximum atomic E-state index is 13.0. The van der Waals surface area contributed by atoms with Gasteiger partial charge in [-0.15, -0.1) is 0 Å². The van der Waals surface area contributed by atoms with Gasteiger partial charge in [-0.3, -0.25) is 0 Å². The number of fused-ring (bicyclic) bond motifs is 5. The monoisotopic (exact) mass is 472 g/mol. The Hall–Kier alpha value is -0.870. The van der Waals surface area contributed by atoms with Gasteiger partial charge in [-0.05, 0) is 111 Å². The van der Waals surface area contributed by atoms with E-state index in [1.54, 1.807) is 0 Å². The summed E-state index contributed by atoms with van der Waals surface area (Å²) >= 11 is 0. The standard InChI is InChI=1S/C30H48O4/c1-18(2)16-19-17-30(33,25(32)34-19)21-10-14-28(6)20(21)8-9-23-27(5)13-12-24(31)26(3,4)22(27)11-15-29(23,28)7/h16,19-24,31,33H,8-15,17H2,1-7H3/t19-,20-,21+,22+,23-,24+,27+,28-,29-,30+/m1/s1. The number of rotatable bonds is 2. The van der Waals surface area contributed by atoms with Crippen molar-refractivity contribution in [3.05, 3.63) is 11.6 Å². The highest BCUT2D eigenvalue weighted by Gasteiger charge is 2.71. The predicted molar refractivity (Wildman–Crippen MR) is 134 cm³/mol. The van der Waals surface area contributed by atoms with Crippen LogP contribution in [0.2, 0.25) is 0 Å². The van der Waals surface area contributed by atoms with E-state index in [4.69, 9.17) is 4.74 Å². The van der Waals surface area contributed by atoms with Crippen molar-refractivity contribution in [2.75, 3.05) is 0 Å². The van der Waals surface area contributed by atoms with Crippen LogP contribution in [0.15, 0.2) is 11.6 Å². The van der Waals surface area contributed by atoms with Crippen LogP contribution >= 0.6 is 0 Å². The second-order valence-corrected chi connectivity index (χ2v) is 14.5. The van der Waals surface area contributed by atoms with Crippen molar-refractivity contribution < 1.29 is 19.7 Å². The van der Waals surface area contributed by atoms with Gasteiger partial charge in [-0.1, -0.05) is 40.2 Å². The maximum absolute atomic E-state index is 13.0. The van der Waals surface area contributed by atoms with Crippen LogP contribution in [0.3, 0.4) is 0 Å². The number of cyclic esters (lactones) is 1. The Morgan fingerprint density at radius 2 is 1.56 bits per heavy atom. The van der Waals surface area contributed by atoms with Crippen molar-refractivity contribution in [3.8, 4) is 0 Å². The molecule has 2 N–H and O–H groups in total. The zero-order valence-corrected chi connectivity index (χ0v) is 22.6. The van der Waals surface area contributed by atoms with Crippen LogP contribution in [0, 0.1) is 45.3 Å². The minimum atomic E-state index is -1.35. The van der Waals surface area contributed by atoms with Crippen LogP contribution in [-0.2, 0) is 9.53 Å². The first-order valence-corrected chi connectivity index (χ1v) is 14.0. The van der Waals surface area contributed by atoms with Gasteiger partial charge in [0.2, 0.25) is 0 Å². The van der Waals surface area contributed by atoms with Gasteiger partial charge in [0.15, 0.2) is 5.60 Å².